The molecule has 1 fully saturated rings. The van der Waals surface area contributed by atoms with Gasteiger partial charge in [0.25, 0.3) is 0 Å². The van der Waals surface area contributed by atoms with E-state index in [0.717, 1.165) is 30.4 Å². The molecule has 21 heavy (non-hydrogen) atoms. The van der Waals surface area contributed by atoms with Gasteiger partial charge >= 0.3 is 5.97 Å². The largest absolute Gasteiger partial charge is 0.496 e. The molecular weight excluding hydrogens is 292 g/mol. The number of halogens is 1. The molecule has 1 saturated carbocycles. The van der Waals surface area contributed by atoms with Crippen LogP contribution in [0.1, 0.15) is 43.2 Å². The Morgan fingerprint density at radius 1 is 1.29 bits per heavy atom. The summed E-state index contributed by atoms with van der Waals surface area (Å²) in [7, 11) is 3.13. The summed E-state index contributed by atoms with van der Waals surface area (Å²) in [5.74, 6) is -0.251. The molecule has 1 N–H and O–H groups in total. The number of aliphatic carboxylic acids is 1. The highest BCUT2D eigenvalue weighted by molar-refractivity contribution is 6.30. The lowest BCUT2D eigenvalue weighted by molar-refractivity contribution is -0.145. The van der Waals surface area contributed by atoms with E-state index in [1.54, 1.807) is 26.4 Å². The summed E-state index contributed by atoms with van der Waals surface area (Å²) in [6.07, 6.45) is 4.13. The summed E-state index contributed by atoms with van der Waals surface area (Å²) in [5.41, 5.74) is 0.622. The Balaban J connectivity index is 2.65. The van der Waals surface area contributed by atoms with Gasteiger partial charge in [0, 0.05) is 17.7 Å². The molecule has 0 spiro atoms. The fourth-order valence-corrected chi connectivity index (χ4v) is 3.57. The van der Waals surface area contributed by atoms with Crippen LogP contribution in [-0.2, 0) is 21.6 Å². The fraction of sp³-hybridized carbons (Fsp3) is 0.562. The first-order chi connectivity index (χ1) is 10.0. The molecule has 0 heterocycles. The number of benzene rings is 1. The Morgan fingerprint density at radius 3 is 2.48 bits per heavy atom. The molecule has 1 aliphatic rings. The molecule has 116 valence electrons. The summed E-state index contributed by atoms with van der Waals surface area (Å²) in [4.78, 5) is 12.1. The van der Waals surface area contributed by atoms with Crippen molar-refractivity contribution in [1.29, 1.82) is 0 Å². The van der Waals surface area contributed by atoms with Gasteiger partial charge in [-0.1, -0.05) is 30.9 Å². The number of hydrogen-bond donors (Lipinski definition) is 1. The topological polar surface area (TPSA) is 55.8 Å². The maximum absolute atomic E-state index is 12.1. The molecule has 0 unspecified atom stereocenters. The molecular formula is C16H21ClO4. The van der Waals surface area contributed by atoms with Crippen LogP contribution in [0.4, 0.5) is 0 Å². The van der Waals surface area contributed by atoms with Crippen molar-refractivity contribution in [2.24, 2.45) is 0 Å². The van der Waals surface area contributed by atoms with Crippen LogP contribution in [0.5, 0.6) is 5.75 Å². The summed E-state index contributed by atoms with van der Waals surface area (Å²) in [6.45, 7) is 0.321. The Hall–Kier alpha value is -1.26. The number of carbonyl (C=O) groups is 1. The van der Waals surface area contributed by atoms with Crippen molar-refractivity contribution in [3.63, 3.8) is 0 Å². The molecule has 1 aromatic rings. The molecule has 0 atom stereocenters. The van der Waals surface area contributed by atoms with Crippen molar-refractivity contribution in [1.82, 2.24) is 0 Å². The molecule has 0 amide bonds. The van der Waals surface area contributed by atoms with Crippen LogP contribution in [0.15, 0.2) is 12.1 Å². The summed E-state index contributed by atoms with van der Waals surface area (Å²) in [6, 6.07) is 3.47. The lowest BCUT2D eigenvalue weighted by atomic mass is 9.68. The first kappa shape index (κ1) is 16.1. The Kier molecular flexibility index (Phi) is 5.12. The smallest absolute Gasteiger partial charge is 0.314 e. The lowest BCUT2D eigenvalue weighted by Gasteiger charge is -2.36. The first-order valence-corrected chi connectivity index (χ1v) is 7.52. The fourth-order valence-electron chi connectivity index (χ4n) is 3.34. The summed E-state index contributed by atoms with van der Waals surface area (Å²) < 4.78 is 10.7. The van der Waals surface area contributed by atoms with Gasteiger partial charge < -0.3 is 14.6 Å². The minimum atomic E-state index is -0.901. The highest BCUT2D eigenvalue weighted by Crippen LogP contribution is 2.46. The Morgan fingerprint density at radius 2 is 1.95 bits per heavy atom. The van der Waals surface area contributed by atoms with E-state index in [-0.39, 0.29) is 0 Å². The maximum atomic E-state index is 12.1. The Bertz CT molecular complexity index is 521. The normalized spacial score (nSPS) is 17.5. The van der Waals surface area contributed by atoms with E-state index in [9.17, 15) is 9.90 Å². The predicted octanol–water partition coefficient (Wildman–Crippen LogP) is 3.78. The van der Waals surface area contributed by atoms with Crippen molar-refractivity contribution in [3.05, 3.63) is 28.3 Å². The van der Waals surface area contributed by atoms with Gasteiger partial charge in [0.05, 0.1) is 19.1 Å². The molecule has 1 aromatic carbocycles. The molecule has 1 aliphatic carbocycles. The lowest BCUT2D eigenvalue weighted by Crippen LogP contribution is -2.39. The van der Waals surface area contributed by atoms with Crippen molar-refractivity contribution < 1.29 is 19.4 Å². The second-order valence-corrected chi connectivity index (χ2v) is 5.96. The van der Waals surface area contributed by atoms with Crippen molar-refractivity contribution in [2.75, 3.05) is 14.2 Å². The van der Waals surface area contributed by atoms with Gasteiger partial charge in [-0.15, -0.1) is 0 Å². The van der Waals surface area contributed by atoms with Crippen LogP contribution in [-0.4, -0.2) is 25.3 Å². The zero-order valence-electron chi connectivity index (χ0n) is 12.4. The van der Waals surface area contributed by atoms with Gasteiger partial charge in [0.2, 0.25) is 0 Å². The van der Waals surface area contributed by atoms with E-state index in [4.69, 9.17) is 21.1 Å². The molecule has 0 aliphatic heterocycles. The number of carboxylic acid groups (broad SMARTS) is 1. The third-order valence-corrected chi connectivity index (χ3v) is 4.48. The molecule has 4 nitrogen and oxygen atoms in total. The van der Waals surface area contributed by atoms with Crippen molar-refractivity contribution in [3.8, 4) is 5.75 Å². The maximum Gasteiger partial charge on any atom is 0.314 e. The monoisotopic (exact) mass is 312 g/mol. The van der Waals surface area contributed by atoms with E-state index < -0.39 is 11.4 Å². The number of ether oxygens (including phenoxy) is 2. The van der Waals surface area contributed by atoms with Gasteiger partial charge in [-0.25, -0.2) is 0 Å². The van der Waals surface area contributed by atoms with E-state index in [0.29, 0.717) is 30.2 Å². The van der Waals surface area contributed by atoms with Crippen molar-refractivity contribution in [2.45, 2.75) is 44.1 Å². The van der Waals surface area contributed by atoms with E-state index in [1.165, 1.54) is 0 Å². The molecule has 2 rings (SSSR count). The molecule has 5 heteroatoms. The second-order valence-electron chi connectivity index (χ2n) is 5.52. The van der Waals surface area contributed by atoms with Gasteiger partial charge in [-0.05, 0) is 30.5 Å². The van der Waals surface area contributed by atoms with Crippen LogP contribution >= 0.6 is 11.6 Å². The van der Waals surface area contributed by atoms with E-state index in [1.807, 2.05) is 0 Å². The number of hydrogen-bond acceptors (Lipinski definition) is 3. The number of rotatable bonds is 5. The van der Waals surface area contributed by atoms with Crippen LogP contribution in [0.2, 0.25) is 5.02 Å². The number of methoxy groups -OCH3 is 2. The highest BCUT2D eigenvalue weighted by atomic mass is 35.5. The van der Waals surface area contributed by atoms with Gasteiger partial charge in [0.15, 0.2) is 0 Å². The van der Waals surface area contributed by atoms with Crippen LogP contribution < -0.4 is 4.74 Å². The first-order valence-electron chi connectivity index (χ1n) is 7.14. The van der Waals surface area contributed by atoms with Crippen molar-refractivity contribution >= 4 is 17.6 Å². The summed E-state index contributed by atoms with van der Waals surface area (Å²) >= 11 is 6.12. The summed E-state index contributed by atoms with van der Waals surface area (Å²) in [5, 5.41) is 10.4. The quantitative estimate of drug-likeness (QED) is 0.899. The second kappa shape index (κ2) is 6.67. The molecule has 0 aromatic heterocycles. The van der Waals surface area contributed by atoms with Gasteiger partial charge in [0.1, 0.15) is 5.75 Å². The zero-order valence-corrected chi connectivity index (χ0v) is 13.2. The van der Waals surface area contributed by atoms with Gasteiger partial charge in [-0.2, -0.15) is 0 Å². The predicted molar refractivity (Wildman–Crippen MR) is 81.1 cm³/mol. The van der Waals surface area contributed by atoms with Crippen LogP contribution in [0.3, 0.4) is 0 Å². The average Bonchev–Trinajstić information content (AvgIpc) is 2.47. The van der Waals surface area contributed by atoms with Crippen LogP contribution in [0.25, 0.3) is 0 Å². The molecule has 0 saturated heterocycles. The van der Waals surface area contributed by atoms with E-state index >= 15 is 0 Å². The van der Waals surface area contributed by atoms with E-state index in [2.05, 4.69) is 0 Å². The van der Waals surface area contributed by atoms with Gasteiger partial charge in [-0.3, -0.25) is 4.79 Å². The third-order valence-electron chi connectivity index (χ3n) is 4.26. The standard InChI is InChI=1S/C16H21ClO4/c1-20-10-11-8-12(17)9-13(21-2)14(11)16(15(18)19)6-4-3-5-7-16/h8-9H,3-7,10H2,1-2H3,(H,18,19). The molecule has 0 radical (unpaired) electrons. The SMILES string of the molecule is COCc1cc(Cl)cc(OC)c1C1(C(=O)O)CCCCC1. The highest BCUT2D eigenvalue weighted by Gasteiger charge is 2.44. The minimum absolute atomic E-state index is 0.321. The molecule has 0 bridgehead atoms. The minimum Gasteiger partial charge on any atom is -0.496 e. The zero-order chi connectivity index (χ0) is 15.5. The van der Waals surface area contributed by atoms with Crippen LogP contribution in [0, 0.1) is 0 Å². The number of carboxylic acids is 1. The third kappa shape index (κ3) is 3.01. The Labute approximate surface area is 130 Å². The average molecular weight is 313 g/mol.